The molecule has 0 aromatic heterocycles. The molecule has 0 saturated carbocycles. The number of nitrogens with one attached hydrogen (secondary N) is 1. The highest BCUT2D eigenvalue weighted by atomic mass is 79.9. The van der Waals surface area contributed by atoms with Gasteiger partial charge >= 0.3 is 5.97 Å². The van der Waals surface area contributed by atoms with Crippen molar-refractivity contribution in [1.29, 1.82) is 0 Å². The Hall–Kier alpha value is -3.20. The van der Waals surface area contributed by atoms with Crippen LogP contribution in [0.3, 0.4) is 0 Å². The molecule has 2 amide bonds. The Morgan fingerprint density at radius 2 is 1.61 bits per heavy atom. The lowest BCUT2D eigenvalue weighted by Crippen LogP contribution is -2.32. The Morgan fingerprint density at radius 1 is 0.939 bits per heavy atom. The third kappa shape index (κ3) is 4.78. The van der Waals surface area contributed by atoms with Crippen molar-refractivity contribution >= 4 is 68.3 Å². The highest BCUT2D eigenvalue weighted by Crippen LogP contribution is 2.32. The topological polar surface area (TPSA) is 75.7 Å². The predicted molar refractivity (Wildman–Crippen MR) is 126 cm³/mol. The number of ether oxygens (including phenoxy) is 1. The molecule has 0 atom stereocenters. The number of carbonyl (C=O) groups excluding carboxylic acids is 3. The molecule has 0 unspecified atom stereocenters. The molecule has 1 heterocycles. The van der Waals surface area contributed by atoms with E-state index in [2.05, 4.69) is 21.2 Å². The number of amides is 2. The number of halogens is 4. The number of rotatable bonds is 5. The van der Waals surface area contributed by atoms with Crippen LogP contribution in [0.25, 0.3) is 0 Å². The average molecular weight is 550 g/mol. The lowest BCUT2D eigenvalue weighted by atomic mass is 10.2. The maximum Gasteiger partial charge on any atom is 0.343 e. The van der Waals surface area contributed by atoms with E-state index in [9.17, 15) is 18.8 Å². The minimum atomic E-state index is -0.776. The molecule has 0 spiro atoms. The van der Waals surface area contributed by atoms with Gasteiger partial charge in [-0.05, 0) is 66.7 Å². The summed E-state index contributed by atoms with van der Waals surface area (Å²) in [6.07, 6.45) is 0. The largest absolute Gasteiger partial charge is 0.423 e. The maximum atomic E-state index is 13.4. The lowest BCUT2D eigenvalue weighted by molar-refractivity contribution is -0.120. The molecule has 1 N–H and O–H groups in total. The minimum absolute atomic E-state index is 0.0809. The van der Waals surface area contributed by atoms with Crippen molar-refractivity contribution in [3.05, 3.63) is 98.3 Å². The van der Waals surface area contributed by atoms with Gasteiger partial charge in [0.1, 0.15) is 22.3 Å². The first kappa shape index (κ1) is 23.0. The van der Waals surface area contributed by atoms with Crippen LogP contribution >= 0.6 is 39.1 Å². The van der Waals surface area contributed by atoms with Crippen LogP contribution in [0, 0.1) is 5.82 Å². The van der Waals surface area contributed by atoms with E-state index in [0.717, 1.165) is 21.5 Å². The molecule has 0 saturated heterocycles. The first-order chi connectivity index (χ1) is 15.7. The van der Waals surface area contributed by atoms with E-state index in [-0.39, 0.29) is 27.0 Å². The van der Waals surface area contributed by atoms with Gasteiger partial charge in [0.2, 0.25) is 0 Å². The molecule has 3 aromatic carbocycles. The van der Waals surface area contributed by atoms with Crippen molar-refractivity contribution in [1.82, 2.24) is 0 Å². The minimum Gasteiger partial charge on any atom is -0.423 e. The Kier molecular flexibility index (Phi) is 6.51. The van der Waals surface area contributed by atoms with E-state index < -0.39 is 23.6 Å². The molecular formula is C23H12BrCl2FN2O4. The zero-order valence-electron chi connectivity index (χ0n) is 16.4. The number of hydrogen-bond acceptors (Lipinski definition) is 5. The number of anilines is 2. The summed E-state index contributed by atoms with van der Waals surface area (Å²) >= 11 is 15.2. The van der Waals surface area contributed by atoms with Crippen LogP contribution in [0.4, 0.5) is 15.8 Å². The molecule has 1 aliphatic heterocycles. The molecule has 1 aliphatic rings. The fourth-order valence-electron chi connectivity index (χ4n) is 2.97. The van der Waals surface area contributed by atoms with Crippen LogP contribution in [0.1, 0.15) is 10.4 Å². The molecule has 33 heavy (non-hydrogen) atoms. The summed E-state index contributed by atoms with van der Waals surface area (Å²) in [5, 5.41) is 2.22. The summed E-state index contributed by atoms with van der Waals surface area (Å²) in [6.45, 7) is 0. The van der Waals surface area contributed by atoms with Crippen LogP contribution < -0.4 is 15.0 Å². The monoisotopic (exact) mass is 548 g/mol. The standard InChI is InChI=1S/C23H12BrCl2FN2O4/c24-13-3-8-16(9-4-13)33-23(32)12-1-5-14(6-2-12)28-20-19(26)21(30)29(22(20)31)15-7-10-18(27)17(25)11-15/h1-11,28H. The highest BCUT2D eigenvalue weighted by Gasteiger charge is 2.39. The fourth-order valence-corrected chi connectivity index (χ4v) is 3.62. The molecule has 4 rings (SSSR count). The Morgan fingerprint density at radius 3 is 2.24 bits per heavy atom. The SMILES string of the molecule is O=C(Oc1ccc(Br)cc1)c1ccc(NC2=C(Cl)C(=O)N(c3ccc(F)c(Cl)c3)C2=O)cc1. The second kappa shape index (κ2) is 9.35. The summed E-state index contributed by atoms with van der Waals surface area (Å²) in [7, 11) is 0. The normalized spacial score (nSPS) is 13.5. The van der Waals surface area contributed by atoms with Gasteiger partial charge in [-0.1, -0.05) is 39.1 Å². The first-order valence-corrected chi connectivity index (χ1v) is 10.9. The summed E-state index contributed by atoms with van der Waals surface area (Å²) < 4.78 is 19.6. The van der Waals surface area contributed by atoms with Crippen molar-refractivity contribution < 1.29 is 23.5 Å². The van der Waals surface area contributed by atoms with Gasteiger partial charge in [-0.15, -0.1) is 0 Å². The van der Waals surface area contributed by atoms with Gasteiger partial charge < -0.3 is 10.1 Å². The van der Waals surface area contributed by atoms with E-state index in [1.165, 1.54) is 30.3 Å². The zero-order valence-corrected chi connectivity index (χ0v) is 19.5. The van der Waals surface area contributed by atoms with Crippen LogP contribution in [0.15, 0.2) is 81.9 Å². The van der Waals surface area contributed by atoms with Crippen molar-refractivity contribution in [3.8, 4) is 5.75 Å². The third-order valence-electron chi connectivity index (χ3n) is 4.60. The summed E-state index contributed by atoms with van der Waals surface area (Å²) in [6, 6.07) is 16.3. The molecule has 3 aromatic rings. The average Bonchev–Trinajstić information content (AvgIpc) is 3.01. The van der Waals surface area contributed by atoms with Crippen LogP contribution in [0.2, 0.25) is 5.02 Å². The molecule has 0 radical (unpaired) electrons. The second-order valence-electron chi connectivity index (χ2n) is 6.78. The molecule has 166 valence electrons. The number of esters is 1. The molecule has 0 bridgehead atoms. The van der Waals surface area contributed by atoms with Gasteiger partial charge in [0.15, 0.2) is 0 Å². The van der Waals surface area contributed by atoms with Crippen molar-refractivity contribution in [2.24, 2.45) is 0 Å². The zero-order chi connectivity index (χ0) is 23.7. The van der Waals surface area contributed by atoms with Gasteiger partial charge in [0, 0.05) is 10.2 Å². The molecule has 0 fully saturated rings. The number of benzene rings is 3. The summed E-state index contributed by atoms with van der Waals surface area (Å²) in [4.78, 5) is 38.5. The third-order valence-corrected chi connectivity index (χ3v) is 5.77. The quantitative estimate of drug-likeness (QED) is 0.244. The van der Waals surface area contributed by atoms with Gasteiger partial charge in [-0.25, -0.2) is 14.1 Å². The summed E-state index contributed by atoms with van der Waals surface area (Å²) in [5.41, 5.74) is 0.605. The Bertz CT molecular complexity index is 1310. The number of imide groups is 1. The number of nitrogens with zero attached hydrogens (tertiary/aromatic N) is 1. The highest BCUT2D eigenvalue weighted by molar-refractivity contribution is 9.10. The smallest absolute Gasteiger partial charge is 0.343 e. The Balaban J connectivity index is 1.48. The van der Waals surface area contributed by atoms with Gasteiger partial charge in [0.05, 0.1) is 16.3 Å². The molecular weight excluding hydrogens is 538 g/mol. The molecule has 0 aliphatic carbocycles. The van der Waals surface area contributed by atoms with E-state index in [1.807, 2.05) is 0 Å². The van der Waals surface area contributed by atoms with Gasteiger partial charge in [-0.2, -0.15) is 0 Å². The van der Waals surface area contributed by atoms with Gasteiger partial charge in [0.25, 0.3) is 11.8 Å². The second-order valence-corrected chi connectivity index (χ2v) is 8.48. The molecule has 6 nitrogen and oxygen atoms in total. The van der Waals surface area contributed by atoms with E-state index in [1.54, 1.807) is 24.3 Å². The number of hydrogen-bond donors (Lipinski definition) is 1. The van der Waals surface area contributed by atoms with Crippen LogP contribution in [-0.4, -0.2) is 17.8 Å². The van der Waals surface area contributed by atoms with Crippen molar-refractivity contribution in [2.75, 3.05) is 10.2 Å². The van der Waals surface area contributed by atoms with Crippen LogP contribution in [0.5, 0.6) is 5.75 Å². The number of carbonyl (C=O) groups is 3. The van der Waals surface area contributed by atoms with E-state index in [0.29, 0.717) is 11.4 Å². The van der Waals surface area contributed by atoms with Crippen molar-refractivity contribution in [3.63, 3.8) is 0 Å². The van der Waals surface area contributed by atoms with Crippen molar-refractivity contribution in [2.45, 2.75) is 0 Å². The first-order valence-electron chi connectivity index (χ1n) is 9.33. The lowest BCUT2D eigenvalue weighted by Gasteiger charge is -2.15. The molecule has 10 heteroatoms. The van der Waals surface area contributed by atoms with E-state index >= 15 is 0 Å². The fraction of sp³-hybridized carbons (Fsp3) is 0. The van der Waals surface area contributed by atoms with Gasteiger partial charge in [-0.3, -0.25) is 9.59 Å². The Labute approximate surface area is 205 Å². The van der Waals surface area contributed by atoms with E-state index in [4.69, 9.17) is 27.9 Å². The summed E-state index contributed by atoms with van der Waals surface area (Å²) in [5.74, 6) is -2.37. The maximum absolute atomic E-state index is 13.4. The predicted octanol–water partition coefficient (Wildman–Crippen LogP) is 5.90. The van der Waals surface area contributed by atoms with Crippen LogP contribution in [-0.2, 0) is 9.59 Å².